The van der Waals surface area contributed by atoms with Gasteiger partial charge in [0.1, 0.15) is 5.82 Å². The highest BCUT2D eigenvalue weighted by atomic mass is 16.1. The summed E-state index contributed by atoms with van der Waals surface area (Å²) in [7, 11) is 0. The number of hydrogen-bond donors (Lipinski definition) is 1. The minimum Gasteiger partial charge on any atom is -0.355 e. The van der Waals surface area contributed by atoms with E-state index in [0.29, 0.717) is 12.0 Å². The van der Waals surface area contributed by atoms with E-state index in [4.69, 9.17) is 0 Å². The largest absolute Gasteiger partial charge is 0.355 e. The van der Waals surface area contributed by atoms with Crippen LogP contribution in [-0.2, 0) is 4.79 Å². The molecule has 1 saturated heterocycles. The molecular formula is C19H28N4O. The van der Waals surface area contributed by atoms with Gasteiger partial charge in [0.2, 0.25) is 5.91 Å². The van der Waals surface area contributed by atoms with Crippen LogP contribution >= 0.6 is 0 Å². The van der Waals surface area contributed by atoms with E-state index in [1.165, 1.54) is 25.7 Å². The lowest BCUT2D eigenvalue weighted by atomic mass is 9.83. The smallest absolute Gasteiger partial charge is 0.223 e. The third-order valence-electron chi connectivity index (χ3n) is 6.54. The molecule has 1 aliphatic heterocycles. The zero-order valence-corrected chi connectivity index (χ0v) is 14.5. The van der Waals surface area contributed by atoms with Crippen LogP contribution in [0.4, 0.5) is 5.82 Å². The van der Waals surface area contributed by atoms with Gasteiger partial charge in [0.05, 0.1) is 6.20 Å². The Morgan fingerprint density at radius 3 is 2.67 bits per heavy atom. The molecule has 4 rings (SSSR count). The van der Waals surface area contributed by atoms with Gasteiger partial charge in [0.15, 0.2) is 0 Å². The minimum absolute atomic E-state index is 0.152. The Morgan fingerprint density at radius 2 is 2.04 bits per heavy atom. The van der Waals surface area contributed by atoms with Crippen LogP contribution in [0.3, 0.4) is 0 Å². The molecule has 1 aromatic heterocycles. The van der Waals surface area contributed by atoms with Crippen molar-refractivity contribution in [1.82, 2.24) is 15.3 Å². The number of piperidine rings is 1. The highest BCUT2D eigenvalue weighted by molar-refractivity contribution is 5.79. The summed E-state index contributed by atoms with van der Waals surface area (Å²) in [6.07, 6.45) is 12.6. The molecule has 5 nitrogen and oxygen atoms in total. The van der Waals surface area contributed by atoms with Crippen molar-refractivity contribution in [3.8, 4) is 0 Å². The molecule has 4 atom stereocenters. The lowest BCUT2D eigenvalue weighted by molar-refractivity contribution is -0.126. The topological polar surface area (TPSA) is 58.1 Å². The molecule has 0 radical (unpaired) electrons. The number of nitrogens with one attached hydrogen (secondary N) is 1. The second-order valence-corrected chi connectivity index (χ2v) is 7.96. The van der Waals surface area contributed by atoms with Crippen molar-refractivity contribution >= 4 is 11.7 Å². The molecule has 1 amide bonds. The molecule has 0 unspecified atom stereocenters. The third-order valence-corrected chi connectivity index (χ3v) is 6.54. The fourth-order valence-corrected chi connectivity index (χ4v) is 5.18. The number of anilines is 1. The Kier molecular flexibility index (Phi) is 4.42. The summed E-state index contributed by atoms with van der Waals surface area (Å²) in [6.45, 7) is 4.00. The lowest BCUT2D eigenvalue weighted by Gasteiger charge is -2.34. The minimum atomic E-state index is 0.152. The van der Waals surface area contributed by atoms with Gasteiger partial charge in [-0.2, -0.15) is 0 Å². The predicted molar refractivity (Wildman–Crippen MR) is 93.5 cm³/mol. The Balaban J connectivity index is 1.27. The van der Waals surface area contributed by atoms with Gasteiger partial charge in [-0.25, -0.2) is 4.98 Å². The van der Waals surface area contributed by atoms with E-state index in [9.17, 15) is 4.79 Å². The fourth-order valence-electron chi connectivity index (χ4n) is 5.18. The van der Waals surface area contributed by atoms with Crippen LogP contribution in [-0.4, -0.2) is 35.0 Å². The number of hydrogen-bond acceptors (Lipinski definition) is 4. The summed E-state index contributed by atoms with van der Waals surface area (Å²) in [5, 5.41) is 3.35. The van der Waals surface area contributed by atoms with E-state index < -0.39 is 0 Å². The number of carbonyl (C=O) groups is 1. The summed E-state index contributed by atoms with van der Waals surface area (Å²) < 4.78 is 0. The quantitative estimate of drug-likeness (QED) is 0.923. The molecule has 2 saturated carbocycles. The Morgan fingerprint density at radius 1 is 1.21 bits per heavy atom. The van der Waals surface area contributed by atoms with Crippen LogP contribution in [0.1, 0.15) is 45.4 Å². The molecule has 3 aliphatic rings. The molecule has 2 bridgehead atoms. The predicted octanol–water partition coefficient (Wildman–Crippen LogP) is 2.63. The molecule has 3 fully saturated rings. The SMILES string of the molecule is C[C@@H](NC(=O)C1CCN(c2cnccn2)CC1)[C@H]1C[C@H]2CC[C@H]1C2. The van der Waals surface area contributed by atoms with Crippen LogP contribution < -0.4 is 10.2 Å². The highest BCUT2D eigenvalue weighted by Gasteiger charge is 2.42. The normalized spacial score (nSPS) is 31.2. The Hall–Kier alpha value is -1.65. The maximum absolute atomic E-state index is 12.7. The van der Waals surface area contributed by atoms with Crippen molar-refractivity contribution in [2.24, 2.45) is 23.7 Å². The van der Waals surface area contributed by atoms with Crippen molar-refractivity contribution in [2.45, 2.75) is 51.5 Å². The van der Waals surface area contributed by atoms with Gasteiger partial charge >= 0.3 is 0 Å². The number of fused-ring (bicyclic) bond motifs is 2. The van der Waals surface area contributed by atoms with E-state index >= 15 is 0 Å². The first kappa shape index (κ1) is 15.9. The Labute approximate surface area is 144 Å². The van der Waals surface area contributed by atoms with Gasteiger partial charge < -0.3 is 10.2 Å². The van der Waals surface area contributed by atoms with Crippen molar-refractivity contribution in [3.63, 3.8) is 0 Å². The summed E-state index contributed by atoms with van der Waals surface area (Å²) in [5.74, 6) is 3.86. The molecule has 0 spiro atoms. The maximum Gasteiger partial charge on any atom is 0.223 e. The first-order valence-electron chi connectivity index (χ1n) is 9.52. The lowest BCUT2D eigenvalue weighted by Crippen LogP contribution is -2.46. The number of aromatic nitrogens is 2. The van der Waals surface area contributed by atoms with Crippen LogP contribution in [0.5, 0.6) is 0 Å². The first-order chi connectivity index (χ1) is 11.7. The van der Waals surface area contributed by atoms with E-state index in [2.05, 4.69) is 27.1 Å². The van der Waals surface area contributed by atoms with E-state index in [1.54, 1.807) is 18.6 Å². The van der Waals surface area contributed by atoms with Gasteiger partial charge in [0, 0.05) is 37.4 Å². The number of carbonyl (C=O) groups excluding carboxylic acids is 1. The van der Waals surface area contributed by atoms with Crippen molar-refractivity contribution in [1.29, 1.82) is 0 Å². The van der Waals surface area contributed by atoms with E-state index in [1.807, 2.05) is 0 Å². The maximum atomic E-state index is 12.7. The zero-order valence-electron chi connectivity index (χ0n) is 14.5. The van der Waals surface area contributed by atoms with Crippen LogP contribution in [0.2, 0.25) is 0 Å². The second kappa shape index (κ2) is 6.69. The van der Waals surface area contributed by atoms with Gasteiger partial charge in [0.25, 0.3) is 0 Å². The molecule has 24 heavy (non-hydrogen) atoms. The molecule has 2 heterocycles. The van der Waals surface area contributed by atoms with Crippen molar-refractivity contribution < 1.29 is 4.79 Å². The molecule has 5 heteroatoms. The number of amides is 1. The van der Waals surface area contributed by atoms with E-state index in [-0.39, 0.29) is 11.8 Å². The Bertz CT molecular complexity index is 570. The van der Waals surface area contributed by atoms with Crippen LogP contribution in [0, 0.1) is 23.7 Å². The fraction of sp³-hybridized carbons (Fsp3) is 0.737. The van der Waals surface area contributed by atoms with Crippen LogP contribution in [0.15, 0.2) is 18.6 Å². The molecule has 2 aliphatic carbocycles. The van der Waals surface area contributed by atoms with Crippen LogP contribution in [0.25, 0.3) is 0 Å². The third kappa shape index (κ3) is 3.13. The van der Waals surface area contributed by atoms with Gasteiger partial charge in [-0.15, -0.1) is 0 Å². The average molecular weight is 328 g/mol. The monoisotopic (exact) mass is 328 g/mol. The molecule has 0 aromatic carbocycles. The zero-order chi connectivity index (χ0) is 16.5. The van der Waals surface area contributed by atoms with E-state index in [0.717, 1.165) is 43.6 Å². The average Bonchev–Trinajstić information content (AvgIpc) is 3.26. The summed E-state index contributed by atoms with van der Waals surface area (Å²) >= 11 is 0. The van der Waals surface area contributed by atoms with Gasteiger partial charge in [-0.1, -0.05) is 6.42 Å². The van der Waals surface area contributed by atoms with Gasteiger partial charge in [-0.05, 0) is 56.8 Å². The summed E-state index contributed by atoms with van der Waals surface area (Å²) in [4.78, 5) is 23.4. The molecule has 1 N–H and O–H groups in total. The number of rotatable bonds is 4. The van der Waals surface area contributed by atoms with Crippen molar-refractivity contribution in [2.75, 3.05) is 18.0 Å². The molecular weight excluding hydrogens is 300 g/mol. The highest BCUT2D eigenvalue weighted by Crippen LogP contribution is 2.49. The standard InChI is InChI=1S/C19H28N4O/c1-13(17-11-14-2-3-16(17)10-14)22-19(24)15-4-8-23(9-5-15)18-12-20-6-7-21-18/h6-7,12-17H,2-5,8-11H2,1H3,(H,22,24)/t13-,14+,16+,17-/m1/s1. The van der Waals surface area contributed by atoms with Gasteiger partial charge in [-0.3, -0.25) is 9.78 Å². The molecule has 1 aromatic rings. The van der Waals surface area contributed by atoms with Crippen molar-refractivity contribution in [3.05, 3.63) is 18.6 Å². The second-order valence-electron chi connectivity index (χ2n) is 7.96. The summed E-state index contributed by atoms with van der Waals surface area (Å²) in [5.41, 5.74) is 0. The summed E-state index contributed by atoms with van der Waals surface area (Å²) in [6, 6.07) is 0.339. The molecule has 130 valence electrons. The number of nitrogens with zero attached hydrogens (tertiary/aromatic N) is 3. The first-order valence-corrected chi connectivity index (χ1v) is 9.52.